The van der Waals surface area contributed by atoms with Crippen molar-refractivity contribution in [3.63, 3.8) is 0 Å². The summed E-state index contributed by atoms with van der Waals surface area (Å²) in [7, 11) is 0. The van der Waals surface area contributed by atoms with Crippen LogP contribution in [-0.2, 0) is 12.8 Å². The predicted molar refractivity (Wildman–Crippen MR) is 126 cm³/mol. The lowest BCUT2D eigenvalue weighted by Gasteiger charge is -2.10. The molecule has 184 valence electrons. The van der Waals surface area contributed by atoms with Gasteiger partial charge in [0, 0.05) is 16.7 Å². The lowest BCUT2D eigenvalue weighted by molar-refractivity contribution is 0.445. The summed E-state index contributed by atoms with van der Waals surface area (Å²) in [4.78, 5) is 0. The first kappa shape index (κ1) is 25.2. The third-order valence-corrected chi connectivity index (χ3v) is 5.82. The smallest absolute Gasteiger partial charge is 0.194 e. The van der Waals surface area contributed by atoms with Gasteiger partial charge < -0.3 is 0 Å². The molecule has 0 N–H and O–H groups in total. The number of halogens is 7. The maximum atomic E-state index is 14.9. The standard InChI is InChI=1S/C29H19F7/c1-16(30)28(35)21-9-11-23(25(32)15-21)20-8-10-22(24(31)14-20)19-6-4-17(5-7-19)2-3-18-12-26(33)29(36)27(34)13-18/h4-15H,2-3H2,1H3/b28-16+. The molecule has 4 aromatic rings. The van der Waals surface area contributed by atoms with Gasteiger partial charge in [-0.05, 0) is 66.3 Å². The summed E-state index contributed by atoms with van der Waals surface area (Å²) in [6.45, 7) is 0.926. The van der Waals surface area contributed by atoms with Crippen LogP contribution in [0.15, 0.2) is 78.6 Å². The highest BCUT2D eigenvalue weighted by Crippen LogP contribution is 2.32. The summed E-state index contributed by atoms with van der Waals surface area (Å²) in [5.41, 5.74) is 2.00. The van der Waals surface area contributed by atoms with Gasteiger partial charge in [0.1, 0.15) is 17.5 Å². The van der Waals surface area contributed by atoms with Gasteiger partial charge in [0.2, 0.25) is 0 Å². The molecule has 0 saturated heterocycles. The van der Waals surface area contributed by atoms with Crippen molar-refractivity contribution in [1.82, 2.24) is 0 Å². The molecule has 4 aromatic carbocycles. The number of benzene rings is 4. The van der Waals surface area contributed by atoms with Gasteiger partial charge in [-0.15, -0.1) is 0 Å². The normalized spacial score (nSPS) is 12.0. The Labute approximate surface area is 203 Å². The number of rotatable bonds is 6. The molecule has 0 radical (unpaired) electrons. The van der Waals surface area contributed by atoms with E-state index < -0.39 is 40.7 Å². The summed E-state index contributed by atoms with van der Waals surface area (Å²) >= 11 is 0. The van der Waals surface area contributed by atoms with Crippen molar-refractivity contribution in [3.8, 4) is 22.3 Å². The average Bonchev–Trinajstić information content (AvgIpc) is 2.85. The second-order valence-electron chi connectivity index (χ2n) is 8.31. The van der Waals surface area contributed by atoms with Crippen LogP contribution in [0.3, 0.4) is 0 Å². The molecule has 0 saturated carbocycles. The van der Waals surface area contributed by atoms with Gasteiger partial charge in [-0.25, -0.2) is 30.7 Å². The first-order chi connectivity index (χ1) is 17.1. The summed E-state index contributed by atoms with van der Waals surface area (Å²) in [6, 6.07) is 16.3. The lowest BCUT2D eigenvalue weighted by atomic mass is 9.97. The molecule has 36 heavy (non-hydrogen) atoms. The Morgan fingerprint density at radius 1 is 0.556 bits per heavy atom. The zero-order chi connectivity index (χ0) is 26.0. The van der Waals surface area contributed by atoms with Crippen LogP contribution < -0.4 is 0 Å². The SMILES string of the molecule is C/C(F)=C(\F)c1ccc(-c2ccc(-c3ccc(CCc4cc(F)c(F)c(F)c4)cc3)c(F)c2)c(F)c1. The largest absolute Gasteiger partial charge is 0.209 e. The molecular formula is C29H19F7. The predicted octanol–water partition coefficient (Wildman–Crippen LogP) is 9.13. The van der Waals surface area contributed by atoms with Crippen molar-refractivity contribution >= 4 is 5.83 Å². The zero-order valence-electron chi connectivity index (χ0n) is 19.0. The Balaban J connectivity index is 1.50. The quantitative estimate of drug-likeness (QED) is 0.183. The van der Waals surface area contributed by atoms with Crippen molar-refractivity contribution < 1.29 is 30.7 Å². The molecule has 0 aliphatic heterocycles. The van der Waals surface area contributed by atoms with Gasteiger partial charge >= 0.3 is 0 Å². The molecule has 0 unspecified atom stereocenters. The molecule has 0 spiro atoms. The number of hydrogen-bond acceptors (Lipinski definition) is 0. The Kier molecular flexibility index (Phi) is 7.29. The van der Waals surface area contributed by atoms with Crippen LogP contribution in [0.5, 0.6) is 0 Å². The van der Waals surface area contributed by atoms with Crippen LogP contribution >= 0.6 is 0 Å². The minimum Gasteiger partial charge on any atom is -0.209 e. The Morgan fingerprint density at radius 2 is 1.08 bits per heavy atom. The van der Waals surface area contributed by atoms with E-state index in [1.54, 1.807) is 24.3 Å². The van der Waals surface area contributed by atoms with E-state index in [-0.39, 0.29) is 28.7 Å². The maximum Gasteiger partial charge on any atom is 0.194 e. The molecule has 0 amide bonds. The Morgan fingerprint density at radius 3 is 1.67 bits per heavy atom. The van der Waals surface area contributed by atoms with Gasteiger partial charge in [-0.3, -0.25) is 0 Å². The number of allylic oxidation sites excluding steroid dienone is 1. The van der Waals surface area contributed by atoms with E-state index >= 15 is 0 Å². The second kappa shape index (κ2) is 10.4. The van der Waals surface area contributed by atoms with E-state index in [2.05, 4.69) is 0 Å². The van der Waals surface area contributed by atoms with Gasteiger partial charge in [-0.2, -0.15) is 0 Å². The fraction of sp³-hybridized carbons (Fsp3) is 0.103. The Bertz CT molecular complexity index is 1430. The summed E-state index contributed by atoms with van der Waals surface area (Å²) in [5, 5.41) is 0. The van der Waals surface area contributed by atoms with Crippen LogP contribution in [0.4, 0.5) is 30.7 Å². The first-order valence-corrected chi connectivity index (χ1v) is 11.0. The minimum absolute atomic E-state index is 0.0394. The van der Waals surface area contributed by atoms with Crippen LogP contribution in [-0.4, -0.2) is 0 Å². The minimum atomic E-state index is -1.51. The molecule has 0 aliphatic carbocycles. The topological polar surface area (TPSA) is 0 Å². The monoisotopic (exact) mass is 500 g/mol. The van der Waals surface area contributed by atoms with Crippen molar-refractivity contribution in [2.75, 3.05) is 0 Å². The highest BCUT2D eigenvalue weighted by atomic mass is 19.2. The second-order valence-corrected chi connectivity index (χ2v) is 8.31. The molecule has 0 nitrogen and oxygen atoms in total. The van der Waals surface area contributed by atoms with Crippen molar-refractivity contribution in [1.29, 1.82) is 0 Å². The number of hydrogen-bond donors (Lipinski definition) is 0. The number of aryl methyl sites for hydroxylation is 2. The van der Waals surface area contributed by atoms with Gasteiger partial charge in [0.25, 0.3) is 0 Å². The van der Waals surface area contributed by atoms with Crippen molar-refractivity contribution in [2.45, 2.75) is 19.8 Å². The van der Waals surface area contributed by atoms with Crippen LogP contribution in [0.1, 0.15) is 23.6 Å². The molecule has 0 aromatic heterocycles. The fourth-order valence-electron chi connectivity index (χ4n) is 3.89. The molecule has 0 aliphatic rings. The molecule has 7 heteroatoms. The molecule has 0 bridgehead atoms. The third kappa shape index (κ3) is 5.35. The van der Waals surface area contributed by atoms with Gasteiger partial charge in [0.05, 0.1) is 0 Å². The summed E-state index contributed by atoms with van der Waals surface area (Å²) in [6.07, 6.45) is 0.713. The summed E-state index contributed by atoms with van der Waals surface area (Å²) < 4.78 is 96.1. The van der Waals surface area contributed by atoms with E-state index in [0.29, 0.717) is 17.5 Å². The molecule has 0 atom stereocenters. The van der Waals surface area contributed by atoms with Crippen molar-refractivity contribution in [3.05, 3.63) is 124 Å². The third-order valence-electron chi connectivity index (χ3n) is 5.82. The van der Waals surface area contributed by atoms with E-state index in [1.165, 1.54) is 24.3 Å². The molecule has 0 fully saturated rings. The average molecular weight is 500 g/mol. The van der Waals surface area contributed by atoms with Crippen LogP contribution in [0.25, 0.3) is 28.1 Å². The van der Waals surface area contributed by atoms with E-state index in [0.717, 1.165) is 36.8 Å². The maximum absolute atomic E-state index is 14.9. The van der Waals surface area contributed by atoms with Gasteiger partial charge in [-0.1, -0.05) is 48.5 Å². The van der Waals surface area contributed by atoms with E-state index in [9.17, 15) is 30.7 Å². The van der Waals surface area contributed by atoms with E-state index in [1.807, 2.05) is 0 Å². The summed E-state index contributed by atoms with van der Waals surface area (Å²) in [5.74, 6) is -7.64. The highest BCUT2D eigenvalue weighted by Gasteiger charge is 2.14. The van der Waals surface area contributed by atoms with Crippen LogP contribution in [0.2, 0.25) is 0 Å². The zero-order valence-corrected chi connectivity index (χ0v) is 19.0. The lowest BCUT2D eigenvalue weighted by Crippen LogP contribution is -1.97. The van der Waals surface area contributed by atoms with Crippen molar-refractivity contribution in [2.24, 2.45) is 0 Å². The molecular weight excluding hydrogens is 481 g/mol. The van der Waals surface area contributed by atoms with Crippen LogP contribution in [0, 0.1) is 29.1 Å². The molecule has 0 heterocycles. The Hall–Kier alpha value is -3.87. The highest BCUT2D eigenvalue weighted by molar-refractivity contribution is 5.73. The first-order valence-electron chi connectivity index (χ1n) is 11.0. The molecule has 4 rings (SSSR count). The van der Waals surface area contributed by atoms with Gasteiger partial charge in [0.15, 0.2) is 23.3 Å². The fourth-order valence-corrected chi connectivity index (χ4v) is 3.89. The van der Waals surface area contributed by atoms with E-state index in [4.69, 9.17) is 0 Å².